The summed E-state index contributed by atoms with van der Waals surface area (Å²) in [6, 6.07) is 6.62. The molecule has 0 spiro atoms. The third kappa shape index (κ3) is 5.73. The summed E-state index contributed by atoms with van der Waals surface area (Å²) in [5, 5.41) is 27.1. The lowest BCUT2D eigenvalue weighted by Crippen LogP contribution is -2.35. The van der Waals surface area contributed by atoms with Gasteiger partial charge in [0.25, 0.3) is 0 Å². The first kappa shape index (κ1) is 28.2. The van der Waals surface area contributed by atoms with Gasteiger partial charge >= 0.3 is 5.97 Å². The molecule has 2 aliphatic rings. The Hall–Kier alpha value is -3.38. The second kappa shape index (κ2) is 11.2. The molecule has 40 heavy (non-hydrogen) atoms. The molecule has 1 saturated carbocycles. The molecule has 212 valence electrons. The molecule has 3 heterocycles. The number of carboxylic acids is 1. The van der Waals surface area contributed by atoms with Crippen LogP contribution in [0.2, 0.25) is 0 Å². The summed E-state index contributed by atoms with van der Waals surface area (Å²) < 4.78 is 12.4. The third-order valence-corrected chi connectivity index (χ3v) is 8.36. The monoisotopic (exact) mass is 565 g/mol. The van der Waals surface area contributed by atoms with E-state index in [1.54, 1.807) is 29.5 Å². The van der Waals surface area contributed by atoms with E-state index in [2.05, 4.69) is 10.6 Å². The van der Waals surface area contributed by atoms with Gasteiger partial charge in [0, 0.05) is 19.1 Å². The number of thiazole rings is 1. The number of carbonyl (C=O) groups is 1. The first-order valence-electron chi connectivity index (χ1n) is 13.4. The van der Waals surface area contributed by atoms with Crippen molar-refractivity contribution in [2.24, 2.45) is 5.92 Å². The number of rotatable bonds is 9. The maximum atomic E-state index is 11.4. The van der Waals surface area contributed by atoms with Gasteiger partial charge < -0.3 is 30.3 Å². The minimum atomic E-state index is -0.974. The number of aliphatic hydroxyl groups excluding tert-OH is 1. The van der Waals surface area contributed by atoms with Crippen LogP contribution >= 0.6 is 11.3 Å². The number of benzene rings is 1. The third-order valence-electron chi connectivity index (χ3n) is 7.22. The molecule has 0 radical (unpaired) electrons. The number of nitrogens with one attached hydrogen (secondary N) is 2. The van der Waals surface area contributed by atoms with Crippen molar-refractivity contribution < 1.29 is 24.5 Å². The number of anilines is 2. The number of fused-ring (bicyclic) bond motifs is 1. The molecule has 1 aliphatic carbocycles. The highest BCUT2D eigenvalue weighted by atomic mass is 32.1. The summed E-state index contributed by atoms with van der Waals surface area (Å²) in [5.74, 6) is -0.746. The van der Waals surface area contributed by atoms with Crippen LogP contribution in [-0.4, -0.2) is 61.8 Å². The molecule has 11 heteroatoms. The average Bonchev–Trinajstić information content (AvgIpc) is 3.53. The lowest BCUT2D eigenvalue weighted by molar-refractivity contribution is -0.158. The Balaban J connectivity index is 1.49. The fourth-order valence-corrected chi connectivity index (χ4v) is 6.55. The van der Waals surface area contributed by atoms with E-state index in [1.807, 2.05) is 52.8 Å². The normalized spacial score (nSPS) is 23.4. The first-order valence-corrected chi connectivity index (χ1v) is 14.2. The van der Waals surface area contributed by atoms with Crippen LogP contribution in [0.15, 0.2) is 30.3 Å². The Labute approximate surface area is 237 Å². The highest BCUT2D eigenvalue weighted by Gasteiger charge is 2.54. The molecule has 4 atom stereocenters. The molecule has 0 bridgehead atoms. The maximum absolute atomic E-state index is 11.4. The average molecular weight is 566 g/mol. The Kier molecular flexibility index (Phi) is 7.92. The predicted molar refractivity (Wildman–Crippen MR) is 154 cm³/mol. The number of carboxylic acid groups (broad SMARTS) is 1. The quantitative estimate of drug-likeness (QED) is 0.284. The van der Waals surface area contributed by atoms with Gasteiger partial charge in [-0.25, -0.2) is 14.8 Å². The van der Waals surface area contributed by atoms with Gasteiger partial charge in [-0.3, -0.25) is 0 Å². The van der Waals surface area contributed by atoms with Crippen LogP contribution < -0.4 is 10.6 Å². The van der Waals surface area contributed by atoms with Crippen molar-refractivity contribution in [1.29, 1.82) is 0 Å². The number of aromatic nitrogens is 3. The van der Waals surface area contributed by atoms with E-state index in [-0.39, 0.29) is 36.3 Å². The van der Waals surface area contributed by atoms with Gasteiger partial charge in [0.1, 0.15) is 16.9 Å². The summed E-state index contributed by atoms with van der Waals surface area (Å²) in [4.78, 5) is 26.9. The molecule has 10 nitrogen and oxygen atoms in total. The van der Waals surface area contributed by atoms with Crippen molar-refractivity contribution in [3.63, 3.8) is 0 Å². The first-order chi connectivity index (χ1) is 19.1. The van der Waals surface area contributed by atoms with Gasteiger partial charge in [-0.2, -0.15) is 4.98 Å². The lowest BCUT2D eigenvalue weighted by atomic mass is 10.1. The zero-order chi connectivity index (χ0) is 28.6. The molecule has 2 aromatic heterocycles. The molecule has 2 fully saturated rings. The highest BCUT2D eigenvalue weighted by Crippen LogP contribution is 2.44. The molecule has 1 aliphatic heterocycles. The number of nitrogens with zero attached hydrogens (tertiary/aromatic N) is 3. The van der Waals surface area contributed by atoms with Crippen molar-refractivity contribution in [1.82, 2.24) is 15.0 Å². The largest absolute Gasteiger partial charge is 0.478 e. The van der Waals surface area contributed by atoms with E-state index in [1.165, 1.54) is 0 Å². The summed E-state index contributed by atoms with van der Waals surface area (Å²) in [5.41, 5.74) is 3.51. The van der Waals surface area contributed by atoms with Crippen LogP contribution in [0, 0.1) is 19.8 Å². The van der Waals surface area contributed by atoms with Crippen molar-refractivity contribution in [2.75, 3.05) is 17.2 Å². The number of aryl methyl sites for hydroxylation is 2. The number of allylic oxidation sites excluding steroid dienone is 1. The smallest absolute Gasteiger partial charge is 0.335 e. The van der Waals surface area contributed by atoms with E-state index in [4.69, 9.17) is 24.4 Å². The van der Waals surface area contributed by atoms with Crippen LogP contribution in [0.5, 0.6) is 0 Å². The highest BCUT2D eigenvalue weighted by molar-refractivity contribution is 7.16. The standard InChI is InChI=1S/C29H35N5O5S/c1-6-8-21-15(2)31-26(40-21)22-16(3)32-28(30-13-17-9-7-10-18(11-17)27(36)37)34-25(22)33-20-12-19(14-35)23-24(20)39-29(4,5)38-23/h6-11,19-20,23-24,35H,12-14H2,1-5H3,(H,36,37)(H2,30,32,33,34)/b8-6-/t19?,20-,23?,24?/m1/s1. The topological polar surface area (TPSA) is 139 Å². The van der Waals surface area contributed by atoms with E-state index in [0.29, 0.717) is 24.7 Å². The summed E-state index contributed by atoms with van der Waals surface area (Å²) in [7, 11) is 0. The van der Waals surface area contributed by atoms with Crippen molar-refractivity contribution in [3.8, 4) is 10.6 Å². The zero-order valence-electron chi connectivity index (χ0n) is 23.3. The molecule has 3 unspecified atom stereocenters. The number of aromatic carboxylic acids is 1. The number of ether oxygens (including phenoxy) is 2. The molecule has 5 rings (SSSR count). The van der Waals surface area contributed by atoms with Gasteiger partial charge in [-0.15, -0.1) is 11.3 Å². The lowest BCUT2D eigenvalue weighted by Gasteiger charge is -2.25. The molecular formula is C29H35N5O5S. The Morgan fingerprint density at radius 3 is 2.67 bits per heavy atom. The molecule has 1 aromatic carbocycles. The Morgan fingerprint density at radius 1 is 1.18 bits per heavy atom. The maximum Gasteiger partial charge on any atom is 0.335 e. The van der Waals surface area contributed by atoms with Gasteiger partial charge in [0.2, 0.25) is 5.95 Å². The minimum Gasteiger partial charge on any atom is -0.478 e. The molecule has 1 saturated heterocycles. The van der Waals surface area contributed by atoms with Crippen LogP contribution in [0.4, 0.5) is 11.8 Å². The Bertz CT molecular complexity index is 1440. The van der Waals surface area contributed by atoms with E-state index in [9.17, 15) is 15.0 Å². The summed E-state index contributed by atoms with van der Waals surface area (Å²) in [6.07, 6.45) is 4.23. The van der Waals surface area contributed by atoms with Crippen molar-refractivity contribution >= 4 is 35.1 Å². The van der Waals surface area contributed by atoms with Crippen molar-refractivity contribution in [2.45, 2.75) is 71.6 Å². The molecule has 0 amide bonds. The Morgan fingerprint density at radius 2 is 1.95 bits per heavy atom. The van der Waals surface area contributed by atoms with E-state index >= 15 is 0 Å². The minimum absolute atomic E-state index is 0.00897. The van der Waals surface area contributed by atoms with Crippen LogP contribution in [0.1, 0.15) is 59.4 Å². The van der Waals surface area contributed by atoms with Gasteiger partial charge in [0.15, 0.2) is 5.79 Å². The zero-order valence-corrected chi connectivity index (χ0v) is 24.1. The fourth-order valence-electron chi connectivity index (χ4n) is 5.41. The molecular weight excluding hydrogens is 530 g/mol. The number of aliphatic hydroxyl groups is 1. The molecule has 4 N–H and O–H groups in total. The second-order valence-electron chi connectivity index (χ2n) is 10.7. The SMILES string of the molecule is C/C=C\c1sc(-c2c(C)nc(NCc3cccc(C(=O)O)c3)nc2N[C@@H]2CC(CO)C3OC(C)(C)OC32)nc1C. The van der Waals surface area contributed by atoms with Gasteiger partial charge in [-0.05, 0) is 64.8 Å². The summed E-state index contributed by atoms with van der Waals surface area (Å²) >= 11 is 1.58. The number of hydrogen-bond acceptors (Lipinski definition) is 10. The molecule has 3 aromatic rings. The predicted octanol–water partition coefficient (Wildman–Crippen LogP) is 4.87. The van der Waals surface area contributed by atoms with Crippen molar-refractivity contribution in [3.05, 3.63) is 57.7 Å². The van der Waals surface area contributed by atoms with Crippen LogP contribution in [0.3, 0.4) is 0 Å². The van der Waals surface area contributed by atoms with Gasteiger partial charge in [-0.1, -0.05) is 18.2 Å². The van der Waals surface area contributed by atoms with Crippen LogP contribution in [-0.2, 0) is 16.0 Å². The fraction of sp³-hybridized carbons (Fsp3) is 0.448. The van der Waals surface area contributed by atoms with E-state index < -0.39 is 11.8 Å². The number of hydrogen-bond donors (Lipinski definition) is 4. The van der Waals surface area contributed by atoms with E-state index in [0.717, 1.165) is 32.4 Å². The summed E-state index contributed by atoms with van der Waals surface area (Å²) in [6.45, 7) is 10.0. The second-order valence-corrected chi connectivity index (χ2v) is 11.7. The van der Waals surface area contributed by atoms with Crippen LogP contribution in [0.25, 0.3) is 16.6 Å². The van der Waals surface area contributed by atoms with Gasteiger partial charge in [0.05, 0.1) is 39.5 Å².